The molecule has 0 bridgehead atoms. The standard InChI is InChI=1S/C28H29Cl2N3O.ClH/c1-2-3-13-32-28(34)22-12-11-19(20-9-6-10-23(29)26(20)30)24-18-7-4-5-8-21(18)27(25(22)24)33-16-14-31-15-17-33;/h4-12,27,31H,2-3,13-17H2,1H3,(H,32,34);1H. The van der Waals surface area contributed by atoms with E-state index in [9.17, 15) is 4.79 Å². The highest BCUT2D eigenvalue weighted by Crippen LogP contribution is 2.52. The zero-order chi connectivity index (χ0) is 23.7. The van der Waals surface area contributed by atoms with Crippen molar-refractivity contribution in [2.75, 3.05) is 32.7 Å². The summed E-state index contributed by atoms with van der Waals surface area (Å²) >= 11 is 13.1. The molecule has 0 saturated carbocycles. The summed E-state index contributed by atoms with van der Waals surface area (Å²) in [6, 6.07) is 18.3. The molecule has 1 unspecified atom stereocenters. The molecule has 0 radical (unpaired) electrons. The predicted octanol–water partition coefficient (Wildman–Crippen LogP) is 6.59. The van der Waals surface area contributed by atoms with E-state index in [1.165, 1.54) is 5.56 Å². The van der Waals surface area contributed by atoms with Crippen LogP contribution in [-0.2, 0) is 0 Å². The van der Waals surface area contributed by atoms with Gasteiger partial charge in [0.1, 0.15) is 0 Å². The summed E-state index contributed by atoms with van der Waals surface area (Å²) in [4.78, 5) is 15.9. The largest absolute Gasteiger partial charge is 0.352 e. The van der Waals surface area contributed by atoms with Crippen molar-refractivity contribution in [3.05, 3.63) is 81.3 Å². The Morgan fingerprint density at radius 3 is 2.51 bits per heavy atom. The molecule has 3 aromatic rings. The van der Waals surface area contributed by atoms with E-state index in [2.05, 4.69) is 46.7 Å². The third-order valence-electron chi connectivity index (χ3n) is 6.86. The van der Waals surface area contributed by atoms with Crippen LogP contribution < -0.4 is 10.6 Å². The fourth-order valence-corrected chi connectivity index (χ4v) is 5.64. The van der Waals surface area contributed by atoms with E-state index >= 15 is 0 Å². The molecule has 1 aliphatic heterocycles. The zero-order valence-corrected chi connectivity index (χ0v) is 22.1. The summed E-state index contributed by atoms with van der Waals surface area (Å²) < 4.78 is 0. The molecular weight excluding hydrogens is 501 g/mol. The smallest absolute Gasteiger partial charge is 0.251 e. The second-order valence-corrected chi connectivity index (χ2v) is 9.72. The van der Waals surface area contributed by atoms with Crippen LogP contribution in [0.3, 0.4) is 0 Å². The monoisotopic (exact) mass is 529 g/mol. The van der Waals surface area contributed by atoms with Gasteiger partial charge in [-0.25, -0.2) is 0 Å². The maximum absolute atomic E-state index is 13.4. The summed E-state index contributed by atoms with van der Waals surface area (Å²) in [6.07, 6.45) is 2.00. The minimum atomic E-state index is -0.0126. The van der Waals surface area contributed by atoms with Gasteiger partial charge in [0.25, 0.3) is 5.91 Å². The number of unbranched alkanes of at least 4 members (excludes halogenated alkanes) is 1. The molecule has 1 atom stereocenters. The van der Waals surface area contributed by atoms with Crippen LogP contribution >= 0.6 is 35.6 Å². The highest BCUT2D eigenvalue weighted by Gasteiger charge is 2.38. The number of amides is 1. The van der Waals surface area contributed by atoms with Gasteiger partial charge in [-0.3, -0.25) is 9.69 Å². The maximum Gasteiger partial charge on any atom is 0.251 e. The first kappa shape index (κ1) is 26.0. The zero-order valence-electron chi connectivity index (χ0n) is 19.7. The third-order valence-corrected chi connectivity index (χ3v) is 7.68. The second-order valence-electron chi connectivity index (χ2n) is 8.94. The fraction of sp³-hybridized carbons (Fsp3) is 0.321. The average molecular weight is 531 g/mol. The molecule has 0 spiro atoms. The van der Waals surface area contributed by atoms with E-state index in [0.29, 0.717) is 16.6 Å². The van der Waals surface area contributed by atoms with Crippen LogP contribution in [0.15, 0.2) is 54.6 Å². The molecule has 2 N–H and O–H groups in total. The highest BCUT2D eigenvalue weighted by molar-refractivity contribution is 6.43. The molecule has 7 heteroatoms. The number of nitrogens with one attached hydrogen (secondary N) is 2. The van der Waals surface area contributed by atoms with E-state index in [1.807, 2.05) is 24.3 Å². The summed E-state index contributed by atoms with van der Waals surface area (Å²) in [7, 11) is 0. The Labute approximate surface area is 223 Å². The summed E-state index contributed by atoms with van der Waals surface area (Å²) in [6.45, 7) is 6.54. The molecule has 184 valence electrons. The lowest BCUT2D eigenvalue weighted by atomic mass is 9.90. The van der Waals surface area contributed by atoms with Gasteiger partial charge in [-0.05, 0) is 46.4 Å². The van der Waals surface area contributed by atoms with Gasteiger partial charge in [0.2, 0.25) is 0 Å². The first-order valence-corrected chi connectivity index (χ1v) is 12.8. The predicted molar refractivity (Wildman–Crippen MR) is 148 cm³/mol. The molecule has 0 aromatic heterocycles. The first-order chi connectivity index (χ1) is 16.6. The number of hydrogen-bond acceptors (Lipinski definition) is 3. The van der Waals surface area contributed by atoms with Crippen LogP contribution in [0.2, 0.25) is 10.0 Å². The number of hydrogen-bond donors (Lipinski definition) is 2. The summed E-state index contributed by atoms with van der Waals surface area (Å²) in [5, 5.41) is 7.66. The molecule has 1 fully saturated rings. The number of rotatable bonds is 6. The Hall–Kier alpha value is -2.08. The van der Waals surface area contributed by atoms with Gasteiger partial charge in [-0.1, -0.05) is 79.0 Å². The molecule has 1 aliphatic carbocycles. The molecule has 2 aliphatic rings. The third kappa shape index (κ3) is 4.83. The Kier molecular flexibility index (Phi) is 8.41. The molecule has 4 nitrogen and oxygen atoms in total. The minimum absolute atomic E-state index is 0. The van der Waals surface area contributed by atoms with E-state index in [-0.39, 0.29) is 24.4 Å². The normalized spacial score (nSPS) is 16.8. The van der Waals surface area contributed by atoms with Gasteiger partial charge in [0, 0.05) is 43.9 Å². The molecule has 1 heterocycles. The molecule has 3 aromatic carbocycles. The van der Waals surface area contributed by atoms with E-state index < -0.39 is 0 Å². The number of benzene rings is 3. The number of carbonyl (C=O) groups excluding carboxylic acids is 1. The van der Waals surface area contributed by atoms with Gasteiger partial charge in [0.05, 0.1) is 16.1 Å². The number of piperazine rings is 1. The number of nitrogens with zero attached hydrogens (tertiary/aromatic N) is 1. The van der Waals surface area contributed by atoms with Crippen LogP contribution in [0.4, 0.5) is 0 Å². The van der Waals surface area contributed by atoms with Gasteiger partial charge < -0.3 is 10.6 Å². The lowest BCUT2D eigenvalue weighted by Gasteiger charge is -2.34. The Bertz CT molecular complexity index is 1220. The Morgan fingerprint density at radius 2 is 1.74 bits per heavy atom. The fourth-order valence-electron chi connectivity index (χ4n) is 5.24. The average Bonchev–Trinajstić information content (AvgIpc) is 3.21. The van der Waals surface area contributed by atoms with Crippen molar-refractivity contribution in [3.63, 3.8) is 0 Å². The molecule has 5 rings (SSSR count). The lowest BCUT2D eigenvalue weighted by molar-refractivity contribution is 0.0950. The van der Waals surface area contributed by atoms with Crippen LogP contribution in [-0.4, -0.2) is 43.5 Å². The number of carbonyl (C=O) groups is 1. The van der Waals surface area contributed by atoms with Gasteiger partial charge in [0.15, 0.2) is 0 Å². The van der Waals surface area contributed by atoms with Gasteiger partial charge >= 0.3 is 0 Å². The van der Waals surface area contributed by atoms with Crippen LogP contribution in [0, 0.1) is 0 Å². The summed E-state index contributed by atoms with van der Waals surface area (Å²) in [5.74, 6) is -0.0126. The Morgan fingerprint density at radius 1 is 1.00 bits per heavy atom. The van der Waals surface area contributed by atoms with E-state index in [0.717, 1.165) is 72.4 Å². The van der Waals surface area contributed by atoms with Crippen molar-refractivity contribution in [2.24, 2.45) is 0 Å². The van der Waals surface area contributed by atoms with Crippen LogP contribution in [0.5, 0.6) is 0 Å². The van der Waals surface area contributed by atoms with Crippen LogP contribution in [0.25, 0.3) is 22.3 Å². The van der Waals surface area contributed by atoms with Crippen molar-refractivity contribution in [1.29, 1.82) is 0 Å². The molecular formula is C28H30Cl3N3O. The lowest BCUT2D eigenvalue weighted by Crippen LogP contribution is -2.45. The van der Waals surface area contributed by atoms with Crippen molar-refractivity contribution in [1.82, 2.24) is 15.5 Å². The molecule has 1 amide bonds. The van der Waals surface area contributed by atoms with E-state index in [1.54, 1.807) is 6.07 Å². The molecule has 1 saturated heterocycles. The SMILES string of the molecule is CCCCNC(=O)c1ccc(-c2cccc(Cl)c2Cl)c2c1C(N1CCNCC1)c1ccccc1-2.Cl. The van der Waals surface area contributed by atoms with Gasteiger partial charge in [-0.2, -0.15) is 0 Å². The molecule has 35 heavy (non-hydrogen) atoms. The second kappa shape index (κ2) is 11.3. The van der Waals surface area contributed by atoms with Crippen molar-refractivity contribution >= 4 is 41.5 Å². The van der Waals surface area contributed by atoms with Gasteiger partial charge in [-0.15, -0.1) is 12.4 Å². The van der Waals surface area contributed by atoms with Crippen molar-refractivity contribution in [2.45, 2.75) is 25.8 Å². The Balaban J connectivity index is 0.00000289. The topological polar surface area (TPSA) is 44.4 Å². The van der Waals surface area contributed by atoms with Crippen molar-refractivity contribution < 1.29 is 4.79 Å². The maximum atomic E-state index is 13.4. The highest BCUT2D eigenvalue weighted by atomic mass is 35.5. The first-order valence-electron chi connectivity index (χ1n) is 12.0. The number of halogens is 3. The van der Waals surface area contributed by atoms with Crippen molar-refractivity contribution in [3.8, 4) is 22.3 Å². The number of fused-ring (bicyclic) bond motifs is 3. The quantitative estimate of drug-likeness (QED) is 0.354. The van der Waals surface area contributed by atoms with E-state index in [4.69, 9.17) is 23.2 Å². The summed E-state index contributed by atoms with van der Waals surface area (Å²) in [5.41, 5.74) is 7.21. The minimum Gasteiger partial charge on any atom is -0.352 e. The van der Waals surface area contributed by atoms with Crippen LogP contribution in [0.1, 0.15) is 47.3 Å².